The van der Waals surface area contributed by atoms with E-state index < -0.39 is 5.97 Å². The van der Waals surface area contributed by atoms with Crippen LogP contribution in [-0.2, 0) is 0 Å². The van der Waals surface area contributed by atoms with Gasteiger partial charge in [0.05, 0.1) is 11.6 Å². The van der Waals surface area contributed by atoms with Crippen molar-refractivity contribution in [3.8, 4) is 0 Å². The van der Waals surface area contributed by atoms with Gasteiger partial charge in [-0.3, -0.25) is 0 Å². The molecule has 0 radical (unpaired) electrons. The lowest BCUT2D eigenvalue weighted by Gasteiger charge is -2.15. The maximum Gasteiger partial charge on any atom is 0.335 e. The molecule has 2 amide bonds. The summed E-state index contributed by atoms with van der Waals surface area (Å²) in [6.45, 7) is 3.66. The fourth-order valence-corrected chi connectivity index (χ4v) is 2.65. The van der Waals surface area contributed by atoms with Crippen molar-refractivity contribution < 1.29 is 14.7 Å². The molecule has 1 heterocycles. The summed E-state index contributed by atoms with van der Waals surface area (Å²) in [4.78, 5) is 22.8. The molecule has 1 unspecified atom stereocenters. The van der Waals surface area contributed by atoms with Crippen LogP contribution in [0.3, 0.4) is 0 Å². The largest absolute Gasteiger partial charge is 0.478 e. The van der Waals surface area contributed by atoms with Crippen LogP contribution in [0.25, 0.3) is 0 Å². The smallest absolute Gasteiger partial charge is 0.335 e. The van der Waals surface area contributed by atoms with E-state index in [1.54, 1.807) is 24.3 Å². The lowest BCUT2D eigenvalue weighted by molar-refractivity contribution is 0.0697. The van der Waals surface area contributed by atoms with Gasteiger partial charge in [-0.05, 0) is 60.0 Å². The van der Waals surface area contributed by atoms with Gasteiger partial charge in [0.25, 0.3) is 0 Å². The number of carbonyl (C=O) groups is 2. The first-order valence-electron chi connectivity index (χ1n) is 6.41. The van der Waals surface area contributed by atoms with Crippen LogP contribution in [-0.4, -0.2) is 17.1 Å². The average molecular weight is 304 g/mol. The van der Waals surface area contributed by atoms with Crippen molar-refractivity contribution in [2.75, 3.05) is 5.32 Å². The predicted octanol–water partition coefficient (Wildman–Crippen LogP) is 3.64. The first-order valence-corrected chi connectivity index (χ1v) is 7.35. The topological polar surface area (TPSA) is 78.4 Å². The van der Waals surface area contributed by atoms with Crippen molar-refractivity contribution in [3.63, 3.8) is 0 Å². The van der Waals surface area contributed by atoms with Gasteiger partial charge in [-0.25, -0.2) is 9.59 Å². The van der Waals surface area contributed by atoms with Crippen LogP contribution in [0.4, 0.5) is 10.5 Å². The molecule has 0 aliphatic carbocycles. The number of hydrogen-bond acceptors (Lipinski definition) is 3. The Kier molecular flexibility index (Phi) is 4.59. The van der Waals surface area contributed by atoms with E-state index in [9.17, 15) is 9.59 Å². The van der Waals surface area contributed by atoms with Crippen LogP contribution in [0, 0.1) is 6.92 Å². The number of carboxylic acids is 1. The number of carbonyl (C=O) groups excluding carboxylic acids is 1. The number of nitrogens with one attached hydrogen (secondary N) is 2. The summed E-state index contributed by atoms with van der Waals surface area (Å²) < 4.78 is 0. The minimum atomic E-state index is -0.986. The second-order valence-electron chi connectivity index (χ2n) is 4.71. The molecule has 3 N–H and O–H groups in total. The van der Waals surface area contributed by atoms with Crippen LogP contribution in [0.2, 0.25) is 0 Å². The molecule has 0 aliphatic heterocycles. The lowest BCUT2D eigenvalue weighted by atomic mass is 10.1. The highest BCUT2D eigenvalue weighted by molar-refractivity contribution is 7.07. The summed E-state index contributed by atoms with van der Waals surface area (Å²) in [7, 11) is 0. The van der Waals surface area contributed by atoms with Gasteiger partial charge < -0.3 is 15.7 Å². The number of amides is 2. The van der Waals surface area contributed by atoms with E-state index in [2.05, 4.69) is 10.6 Å². The van der Waals surface area contributed by atoms with Crippen molar-refractivity contribution in [3.05, 3.63) is 51.7 Å². The summed E-state index contributed by atoms with van der Waals surface area (Å²) in [5.41, 5.74) is 2.54. The highest BCUT2D eigenvalue weighted by Gasteiger charge is 2.11. The zero-order valence-corrected chi connectivity index (χ0v) is 12.5. The van der Waals surface area contributed by atoms with Gasteiger partial charge in [0, 0.05) is 5.69 Å². The second-order valence-corrected chi connectivity index (χ2v) is 5.49. The third-order valence-electron chi connectivity index (χ3n) is 3.11. The van der Waals surface area contributed by atoms with E-state index in [0.717, 1.165) is 5.56 Å². The van der Waals surface area contributed by atoms with E-state index in [1.165, 1.54) is 12.1 Å². The van der Waals surface area contributed by atoms with Gasteiger partial charge in [-0.1, -0.05) is 0 Å². The van der Waals surface area contributed by atoms with Crippen LogP contribution < -0.4 is 10.6 Å². The molecule has 2 rings (SSSR count). The Labute approximate surface area is 126 Å². The average Bonchev–Trinajstić information content (AvgIpc) is 2.94. The molecule has 0 spiro atoms. The number of anilines is 1. The minimum Gasteiger partial charge on any atom is -0.478 e. The summed E-state index contributed by atoms with van der Waals surface area (Å²) in [5, 5.41) is 18.4. The molecule has 5 nitrogen and oxygen atoms in total. The number of hydrogen-bond donors (Lipinski definition) is 3. The standard InChI is InChI=1S/C15H16N2O3S/c1-9-7-11(14(18)19)3-4-13(9)17-15(20)16-10(2)12-5-6-21-8-12/h3-8,10H,1-2H3,(H,18,19)(H2,16,17,20). The highest BCUT2D eigenvalue weighted by Crippen LogP contribution is 2.18. The number of rotatable bonds is 4. The molecule has 0 bridgehead atoms. The van der Waals surface area contributed by atoms with Crippen molar-refractivity contribution in [1.29, 1.82) is 0 Å². The Morgan fingerprint density at radius 3 is 2.62 bits per heavy atom. The Hall–Kier alpha value is -2.34. The molecule has 1 aromatic heterocycles. The summed E-state index contributed by atoms with van der Waals surface area (Å²) in [6.07, 6.45) is 0. The van der Waals surface area contributed by atoms with Crippen molar-refractivity contribution >= 4 is 29.0 Å². The molecule has 2 aromatic rings. The normalized spacial score (nSPS) is 11.7. The Morgan fingerprint density at radius 2 is 2.05 bits per heavy atom. The molecule has 0 saturated heterocycles. The van der Waals surface area contributed by atoms with Gasteiger partial charge in [0.15, 0.2) is 0 Å². The molecule has 0 aliphatic rings. The minimum absolute atomic E-state index is 0.0881. The summed E-state index contributed by atoms with van der Waals surface area (Å²) in [6, 6.07) is 6.14. The van der Waals surface area contributed by atoms with Crippen molar-refractivity contribution in [2.45, 2.75) is 19.9 Å². The van der Waals surface area contributed by atoms with Gasteiger partial charge in [-0.2, -0.15) is 11.3 Å². The van der Waals surface area contributed by atoms with Gasteiger partial charge in [0.2, 0.25) is 0 Å². The highest BCUT2D eigenvalue weighted by atomic mass is 32.1. The zero-order valence-electron chi connectivity index (χ0n) is 11.7. The number of carboxylic acid groups (broad SMARTS) is 1. The van der Waals surface area contributed by atoms with E-state index >= 15 is 0 Å². The zero-order chi connectivity index (χ0) is 15.4. The first-order chi connectivity index (χ1) is 9.97. The molecular weight excluding hydrogens is 288 g/mol. The lowest BCUT2D eigenvalue weighted by Crippen LogP contribution is -2.31. The van der Waals surface area contributed by atoms with Crippen molar-refractivity contribution in [2.24, 2.45) is 0 Å². The van der Waals surface area contributed by atoms with Gasteiger partial charge in [0.1, 0.15) is 0 Å². The van der Waals surface area contributed by atoms with Gasteiger partial charge >= 0.3 is 12.0 Å². The van der Waals surface area contributed by atoms with Crippen molar-refractivity contribution in [1.82, 2.24) is 5.32 Å². The monoisotopic (exact) mass is 304 g/mol. The Morgan fingerprint density at radius 1 is 1.29 bits per heavy atom. The maximum absolute atomic E-state index is 12.0. The van der Waals surface area contributed by atoms with E-state index in [1.807, 2.05) is 23.8 Å². The molecule has 0 saturated carbocycles. The summed E-state index contributed by atoms with van der Waals surface area (Å²) in [5.74, 6) is -0.986. The maximum atomic E-state index is 12.0. The van der Waals surface area contributed by atoms with E-state index in [0.29, 0.717) is 11.3 Å². The molecule has 6 heteroatoms. The Balaban J connectivity index is 2.01. The fourth-order valence-electron chi connectivity index (χ4n) is 1.90. The number of urea groups is 1. The van der Waals surface area contributed by atoms with Crippen LogP contribution in [0.1, 0.15) is 34.5 Å². The van der Waals surface area contributed by atoms with Crippen LogP contribution in [0.15, 0.2) is 35.0 Å². The molecule has 1 aromatic carbocycles. The molecule has 110 valence electrons. The number of aryl methyl sites for hydroxylation is 1. The van der Waals surface area contributed by atoms with Crippen LogP contribution >= 0.6 is 11.3 Å². The second kappa shape index (κ2) is 6.41. The number of thiophene rings is 1. The van der Waals surface area contributed by atoms with Gasteiger partial charge in [-0.15, -0.1) is 0 Å². The third kappa shape index (κ3) is 3.82. The molecular formula is C15H16N2O3S. The molecule has 1 atom stereocenters. The summed E-state index contributed by atoms with van der Waals surface area (Å²) >= 11 is 1.58. The van der Waals surface area contributed by atoms with Crippen LogP contribution in [0.5, 0.6) is 0 Å². The predicted molar refractivity (Wildman–Crippen MR) is 83.0 cm³/mol. The number of aromatic carboxylic acids is 1. The molecule has 21 heavy (non-hydrogen) atoms. The third-order valence-corrected chi connectivity index (χ3v) is 3.81. The first kappa shape index (κ1) is 15.1. The number of benzene rings is 1. The van der Waals surface area contributed by atoms with E-state index in [4.69, 9.17) is 5.11 Å². The fraction of sp³-hybridized carbons (Fsp3) is 0.200. The SMILES string of the molecule is Cc1cc(C(=O)O)ccc1NC(=O)NC(C)c1ccsc1. The van der Waals surface area contributed by atoms with E-state index in [-0.39, 0.29) is 17.6 Å². The molecule has 0 fully saturated rings. The quantitative estimate of drug-likeness (QED) is 0.807. The Bertz CT molecular complexity index is 653.